The van der Waals surface area contributed by atoms with Gasteiger partial charge in [-0.3, -0.25) is 4.79 Å². The molecule has 0 fully saturated rings. The van der Waals surface area contributed by atoms with Gasteiger partial charge >= 0.3 is 5.97 Å². The number of aliphatic hydroxyl groups excluding tert-OH is 1. The largest absolute Gasteiger partial charge is 0.481 e. The number of aliphatic hydroxyl groups is 1. The molecule has 2 N–H and O–H groups in total. The van der Waals surface area contributed by atoms with Gasteiger partial charge in [-0.1, -0.05) is 19.8 Å². The normalized spacial score (nSPS) is 12.6. The number of carbonyl (C=O) groups is 1. The van der Waals surface area contributed by atoms with E-state index in [1.165, 1.54) is 0 Å². The lowest BCUT2D eigenvalue weighted by Gasteiger charge is -2.03. The maximum absolute atomic E-state index is 10.4. The van der Waals surface area contributed by atoms with E-state index in [1.807, 2.05) is 0 Å². The maximum atomic E-state index is 10.4. The Hall–Kier alpha value is -1.29. The van der Waals surface area contributed by atoms with Gasteiger partial charge in [0.05, 0.1) is 6.42 Å². The van der Waals surface area contributed by atoms with Crippen molar-refractivity contribution < 1.29 is 19.4 Å². The molecule has 90 valence electrons. The molecule has 0 aliphatic heterocycles. The molecule has 1 aromatic rings. The molecule has 0 radical (unpaired) electrons. The number of aliphatic carboxylic acids is 1. The lowest BCUT2D eigenvalue weighted by atomic mass is 10.2. The van der Waals surface area contributed by atoms with Crippen molar-refractivity contribution in [3.8, 4) is 0 Å². The van der Waals surface area contributed by atoms with Crippen LogP contribution in [-0.2, 0) is 11.2 Å². The van der Waals surface area contributed by atoms with Crippen molar-refractivity contribution in [3.05, 3.63) is 23.7 Å². The van der Waals surface area contributed by atoms with Crippen molar-refractivity contribution >= 4 is 5.97 Å². The SMILES string of the molecule is CCCCCc1ccc(C(O)CC(=O)O)o1. The summed E-state index contributed by atoms with van der Waals surface area (Å²) < 4.78 is 5.38. The molecule has 1 heterocycles. The van der Waals surface area contributed by atoms with Gasteiger partial charge in [-0.15, -0.1) is 0 Å². The summed E-state index contributed by atoms with van der Waals surface area (Å²) in [6.07, 6.45) is 2.83. The molecule has 4 heteroatoms. The van der Waals surface area contributed by atoms with Gasteiger partial charge in [-0.25, -0.2) is 0 Å². The van der Waals surface area contributed by atoms with E-state index in [0.29, 0.717) is 5.76 Å². The van der Waals surface area contributed by atoms with Gasteiger partial charge < -0.3 is 14.6 Å². The Labute approximate surface area is 94.9 Å². The summed E-state index contributed by atoms with van der Waals surface area (Å²) in [4.78, 5) is 10.4. The lowest BCUT2D eigenvalue weighted by Crippen LogP contribution is -2.04. The topological polar surface area (TPSA) is 70.7 Å². The second-order valence-electron chi connectivity index (χ2n) is 3.87. The van der Waals surface area contributed by atoms with Crippen LogP contribution in [-0.4, -0.2) is 16.2 Å². The Kier molecular flexibility index (Phi) is 5.05. The number of rotatable bonds is 7. The quantitative estimate of drug-likeness (QED) is 0.701. The molecule has 1 unspecified atom stereocenters. The van der Waals surface area contributed by atoms with E-state index in [1.54, 1.807) is 12.1 Å². The minimum atomic E-state index is -1.04. The molecule has 1 rings (SSSR count). The second-order valence-corrected chi connectivity index (χ2v) is 3.87. The third-order valence-corrected chi connectivity index (χ3v) is 2.41. The molecule has 0 aliphatic rings. The molecule has 0 amide bonds. The van der Waals surface area contributed by atoms with Crippen LogP contribution in [0.5, 0.6) is 0 Å². The van der Waals surface area contributed by atoms with Crippen LogP contribution in [0, 0.1) is 0 Å². The molecular formula is C12H18O4. The average Bonchev–Trinajstić information content (AvgIpc) is 2.66. The minimum Gasteiger partial charge on any atom is -0.481 e. The van der Waals surface area contributed by atoms with E-state index in [2.05, 4.69) is 6.92 Å². The van der Waals surface area contributed by atoms with Gasteiger partial charge in [0.25, 0.3) is 0 Å². The first kappa shape index (κ1) is 12.8. The van der Waals surface area contributed by atoms with Gasteiger partial charge in [0.1, 0.15) is 17.6 Å². The number of furan rings is 1. The zero-order valence-electron chi connectivity index (χ0n) is 9.48. The Morgan fingerprint density at radius 1 is 1.44 bits per heavy atom. The predicted molar refractivity (Wildman–Crippen MR) is 59.1 cm³/mol. The average molecular weight is 226 g/mol. The van der Waals surface area contributed by atoms with E-state index >= 15 is 0 Å². The molecule has 16 heavy (non-hydrogen) atoms. The third-order valence-electron chi connectivity index (χ3n) is 2.41. The van der Waals surface area contributed by atoms with Crippen LogP contribution in [0.1, 0.15) is 50.2 Å². The summed E-state index contributed by atoms with van der Waals surface area (Å²) in [6, 6.07) is 3.45. The highest BCUT2D eigenvalue weighted by atomic mass is 16.4. The van der Waals surface area contributed by atoms with E-state index < -0.39 is 12.1 Å². The van der Waals surface area contributed by atoms with Gasteiger partial charge in [0.15, 0.2) is 0 Å². The van der Waals surface area contributed by atoms with Crippen LogP contribution in [0.2, 0.25) is 0 Å². The lowest BCUT2D eigenvalue weighted by molar-refractivity contribution is -0.139. The van der Waals surface area contributed by atoms with Crippen LogP contribution >= 0.6 is 0 Å². The Morgan fingerprint density at radius 3 is 2.81 bits per heavy atom. The van der Waals surface area contributed by atoms with Crippen LogP contribution in [0.4, 0.5) is 0 Å². The zero-order valence-corrected chi connectivity index (χ0v) is 9.48. The first-order chi connectivity index (χ1) is 7.63. The van der Waals surface area contributed by atoms with Crippen molar-refractivity contribution in [2.45, 2.75) is 45.1 Å². The third kappa shape index (κ3) is 4.06. The van der Waals surface area contributed by atoms with Crippen molar-refractivity contribution in [1.29, 1.82) is 0 Å². The second kappa shape index (κ2) is 6.33. The van der Waals surface area contributed by atoms with E-state index in [-0.39, 0.29) is 6.42 Å². The van der Waals surface area contributed by atoms with Crippen LogP contribution in [0.15, 0.2) is 16.5 Å². The molecule has 0 bridgehead atoms. The maximum Gasteiger partial charge on any atom is 0.306 e. The summed E-state index contributed by atoms with van der Waals surface area (Å²) in [7, 11) is 0. The van der Waals surface area contributed by atoms with Crippen molar-refractivity contribution in [2.24, 2.45) is 0 Å². The number of unbranched alkanes of at least 4 members (excludes halogenated alkanes) is 2. The highest BCUT2D eigenvalue weighted by Crippen LogP contribution is 2.20. The molecule has 0 aromatic carbocycles. The summed E-state index contributed by atoms with van der Waals surface area (Å²) >= 11 is 0. The standard InChI is InChI=1S/C12H18O4/c1-2-3-4-5-9-6-7-11(16-9)10(13)8-12(14)15/h6-7,10,13H,2-5,8H2,1H3,(H,14,15). The van der Waals surface area contributed by atoms with E-state index in [0.717, 1.165) is 31.4 Å². The number of carboxylic acids is 1. The van der Waals surface area contributed by atoms with Gasteiger partial charge in [-0.05, 0) is 18.6 Å². The number of hydrogen-bond acceptors (Lipinski definition) is 3. The van der Waals surface area contributed by atoms with Crippen LogP contribution < -0.4 is 0 Å². The molecule has 1 aromatic heterocycles. The van der Waals surface area contributed by atoms with Crippen molar-refractivity contribution in [1.82, 2.24) is 0 Å². The molecule has 0 saturated heterocycles. The summed E-state index contributed by atoms with van der Waals surface area (Å²) in [5.41, 5.74) is 0. The van der Waals surface area contributed by atoms with Gasteiger partial charge in [0, 0.05) is 6.42 Å². The first-order valence-corrected chi connectivity index (χ1v) is 5.62. The molecular weight excluding hydrogens is 208 g/mol. The number of hydrogen-bond donors (Lipinski definition) is 2. The van der Waals surface area contributed by atoms with Crippen LogP contribution in [0.25, 0.3) is 0 Å². The summed E-state index contributed by atoms with van der Waals surface area (Å²) in [5.74, 6) is 0.123. The monoisotopic (exact) mass is 226 g/mol. The summed E-state index contributed by atoms with van der Waals surface area (Å²) in [5, 5.41) is 18.0. The highest BCUT2D eigenvalue weighted by molar-refractivity contribution is 5.67. The molecule has 0 saturated carbocycles. The molecule has 1 atom stereocenters. The highest BCUT2D eigenvalue weighted by Gasteiger charge is 2.15. The molecule has 0 spiro atoms. The van der Waals surface area contributed by atoms with Crippen molar-refractivity contribution in [3.63, 3.8) is 0 Å². The Morgan fingerprint density at radius 2 is 2.19 bits per heavy atom. The van der Waals surface area contributed by atoms with Crippen LogP contribution in [0.3, 0.4) is 0 Å². The minimum absolute atomic E-state index is 0.318. The number of aryl methyl sites for hydroxylation is 1. The fourth-order valence-electron chi connectivity index (χ4n) is 1.52. The van der Waals surface area contributed by atoms with E-state index in [9.17, 15) is 9.90 Å². The number of carboxylic acid groups (broad SMARTS) is 1. The molecule has 4 nitrogen and oxygen atoms in total. The van der Waals surface area contributed by atoms with E-state index in [4.69, 9.17) is 9.52 Å². The van der Waals surface area contributed by atoms with Gasteiger partial charge in [0.2, 0.25) is 0 Å². The van der Waals surface area contributed by atoms with Gasteiger partial charge in [-0.2, -0.15) is 0 Å². The summed E-state index contributed by atoms with van der Waals surface area (Å²) in [6.45, 7) is 2.13. The fraction of sp³-hybridized carbons (Fsp3) is 0.583. The molecule has 0 aliphatic carbocycles. The Balaban J connectivity index is 2.47. The fourth-order valence-corrected chi connectivity index (χ4v) is 1.52. The smallest absolute Gasteiger partial charge is 0.306 e. The zero-order chi connectivity index (χ0) is 12.0. The predicted octanol–water partition coefficient (Wildman–Crippen LogP) is 2.52. The van der Waals surface area contributed by atoms with Crippen molar-refractivity contribution in [2.75, 3.05) is 0 Å². The Bertz CT molecular complexity index is 330. The first-order valence-electron chi connectivity index (χ1n) is 5.62.